The van der Waals surface area contributed by atoms with Crippen molar-refractivity contribution in [1.82, 2.24) is 15.1 Å². The van der Waals surface area contributed by atoms with Gasteiger partial charge in [0.05, 0.1) is 17.8 Å². The van der Waals surface area contributed by atoms with Crippen molar-refractivity contribution >= 4 is 0 Å². The molecule has 0 amide bonds. The second-order valence-electron chi connectivity index (χ2n) is 5.92. The standard InChI is InChI=1S/C15H25N3O/c1-12-13(9-16-10-15-7-4-8-19-15)11-18(17-12)14-5-2-3-6-14/h11,14-16H,2-10H2,1H3. The van der Waals surface area contributed by atoms with Gasteiger partial charge in [-0.25, -0.2) is 0 Å². The van der Waals surface area contributed by atoms with Crippen LogP contribution in [0.2, 0.25) is 0 Å². The molecular formula is C15H25N3O. The van der Waals surface area contributed by atoms with E-state index in [1.165, 1.54) is 49.8 Å². The zero-order valence-corrected chi connectivity index (χ0v) is 11.9. The summed E-state index contributed by atoms with van der Waals surface area (Å²) in [5, 5.41) is 8.20. The Bertz CT molecular complexity index is 404. The topological polar surface area (TPSA) is 39.1 Å². The van der Waals surface area contributed by atoms with E-state index in [0.29, 0.717) is 12.1 Å². The Labute approximate surface area is 115 Å². The van der Waals surface area contributed by atoms with E-state index in [1.54, 1.807) is 0 Å². The number of nitrogens with zero attached hydrogens (tertiary/aromatic N) is 2. The molecule has 0 spiro atoms. The van der Waals surface area contributed by atoms with Crippen LogP contribution in [0.3, 0.4) is 0 Å². The molecule has 3 rings (SSSR count). The summed E-state index contributed by atoms with van der Waals surface area (Å²) in [6, 6.07) is 0.644. The number of hydrogen-bond donors (Lipinski definition) is 1. The van der Waals surface area contributed by atoms with Crippen LogP contribution < -0.4 is 5.32 Å². The summed E-state index contributed by atoms with van der Waals surface area (Å²) in [4.78, 5) is 0. The molecule has 0 aromatic carbocycles. The SMILES string of the molecule is Cc1nn(C2CCCC2)cc1CNCC1CCCO1. The molecule has 1 aliphatic heterocycles. The van der Waals surface area contributed by atoms with Crippen LogP contribution in [0.25, 0.3) is 0 Å². The van der Waals surface area contributed by atoms with E-state index in [-0.39, 0.29) is 0 Å². The molecule has 4 heteroatoms. The summed E-state index contributed by atoms with van der Waals surface area (Å²) in [6.45, 7) is 4.94. The average molecular weight is 263 g/mol. The van der Waals surface area contributed by atoms with E-state index in [0.717, 1.165) is 19.7 Å². The number of nitrogens with one attached hydrogen (secondary N) is 1. The first-order valence-electron chi connectivity index (χ1n) is 7.70. The number of aromatic nitrogens is 2. The number of rotatable bonds is 5. The van der Waals surface area contributed by atoms with Gasteiger partial charge in [-0.15, -0.1) is 0 Å². The monoisotopic (exact) mass is 263 g/mol. The predicted molar refractivity (Wildman–Crippen MR) is 75.1 cm³/mol. The fourth-order valence-electron chi connectivity index (χ4n) is 3.22. The van der Waals surface area contributed by atoms with E-state index in [2.05, 4.69) is 28.2 Å². The minimum absolute atomic E-state index is 0.421. The molecule has 4 nitrogen and oxygen atoms in total. The van der Waals surface area contributed by atoms with Gasteiger partial charge in [-0.05, 0) is 32.6 Å². The van der Waals surface area contributed by atoms with Gasteiger partial charge >= 0.3 is 0 Å². The molecule has 1 saturated carbocycles. The van der Waals surface area contributed by atoms with E-state index >= 15 is 0 Å². The number of aryl methyl sites for hydroxylation is 1. The molecule has 1 aromatic heterocycles. The lowest BCUT2D eigenvalue weighted by Gasteiger charge is -2.10. The predicted octanol–water partition coefficient (Wildman–Crippen LogP) is 2.58. The van der Waals surface area contributed by atoms with Gasteiger partial charge in [0.15, 0.2) is 0 Å². The lowest BCUT2D eigenvalue weighted by Crippen LogP contribution is -2.25. The first-order valence-corrected chi connectivity index (χ1v) is 7.70. The fourth-order valence-corrected chi connectivity index (χ4v) is 3.22. The maximum Gasteiger partial charge on any atom is 0.0700 e. The van der Waals surface area contributed by atoms with Gasteiger partial charge in [-0.1, -0.05) is 12.8 Å². The average Bonchev–Trinajstić information content (AvgIpc) is 3.11. The molecule has 1 atom stereocenters. The Morgan fingerprint density at radius 1 is 1.32 bits per heavy atom. The highest BCUT2D eigenvalue weighted by atomic mass is 16.5. The maximum absolute atomic E-state index is 5.62. The van der Waals surface area contributed by atoms with Gasteiger partial charge in [0.1, 0.15) is 0 Å². The van der Waals surface area contributed by atoms with Gasteiger partial charge in [0.2, 0.25) is 0 Å². The second-order valence-corrected chi connectivity index (χ2v) is 5.92. The Kier molecular flexibility index (Phi) is 4.18. The molecule has 2 aliphatic rings. The second kappa shape index (κ2) is 6.06. The van der Waals surface area contributed by atoms with Crippen LogP contribution in [0.5, 0.6) is 0 Å². The highest BCUT2D eigenvalue weighted by Gasteiger charge is 2.19. The summed E-state index contributed by atoms with van der Waals surface area (Å²) in [7, 11) is 0. The lowest BCUT2D eigenvalue weighted by molar-refractivity contribution is 0.110. The van der Waals surface area contributed by atoms with Crippen molar-refractivity contribution < 1.29 is 4.74 Å². The summed E-state index contributed by atoms with van der Waals surface area (Å²) in [5.74, 6) is 0. The molecule has 1 saturated heterocycles. The van der Waals surface area contributed by atoms with Crippen molar-refractivity contribution in [2.45, 2.75) is 64.1 Å². The summed E-state index contributed by atoms with van der Waals surface area (Å²) in [5.41, 5.74) is 2.51. The molecule has 2 fully saturated rings. The number of ether oxygens (including phenoxy) is 1. The van der Waals surface area contributed by atoms with Crippen molar-refractivity contribution in [1.29, 1.82) is 0 Å². The molecule has 2 heterocycles. The zero-order chi connectivity index (χ0) is 13.1. The van der Waals surface area contributed by atoms with E-state index < -0.39 is 0 Å². The Hall–Kier alpha value is -0.870. The third kappa shape index (κ3) is 3.18. The molecule has 1 N–H and O–H groups in total. The Balaban J connectivity index is 1.52. The minimum Gasteiger partial charge on any atom is -0.377 e. The van der Waals surface area contributed by atoms with Crippen molar-refractivity contribution in [3.63, 3.8) is 0 Å². The van der Waals surface area contributed by atoms with Crippen molar-refractivity contribution in [3.8, 4) is 0 Å². The van der Waals surface area contributed by atoms with Crippen LogP contribution in [-0.4, -0.2) is 29.0 Å². The molecular weight excluding hydrogens is 238 g/mol. The third-order valence-electron chi connectivity index (χ3n) is 4.43. The van der Waals surface area contributed by atoms with Gasteiger partial charge in [-0.2, -0.15) is 5.10 Å². The van der Waals surface area contributed by atoms with Crippen LogP contribution >= 0.6 is 0 Å². The lowest BCUT2D eigenvalue weighted by atomic mass is 10.2. The van der Waals surface area contributed by atoms with Crippen LogP contribution in [-0.2, 0) is 11.3 Å². The summed E-state index contributed by atoms with van der Waals surface area (Å²) < 4.78 is 7.82. The summed E-state index contributed by atoms with van der Waals surface area (Å²) in [6.07, 6.45) is 10.4. The Morgan fingerprint density at radius 2 is 2.16 bits per heavy atom. The molecule has 0 radical (unpaired) electrons. The maximum atomic E-state index is 5.62. The highest BCUT2D eigenvalue weighted by Crippen LogP contribution is 2.29. The first kappa shape index (κ1) is 13.1. The largest absolute Gasteiger partial charge is 0.377 e. The van der Waals surface area contributed by atoms with Crippen LogP contribution in [0.4, 0.5) is 0 Å². The normalized spacial score (nSPS) is 24.4. The number of hydrogen-bond acceptors (Lipinski definition) is 3. The first-order chi connectivity index (χ1) is 9.33. The van der Waals surface area contributed by atoms with Crippen molar-refractivity contribution in [2.75, 3.05) is 13.2 Å². The van der Waals surface area contributed by atoms with E-state index in [9.17, 15) is 0 Å². The molecule has 19 heavy (non-hydrogen) atoms. The van der Waals surface area contributed by atoms with Crippen LogP contribution in [0.1, 0.15) is 55.8 Å². The molecule has 1 unspecified atom stereocenters. The quantitative estimate of drug-likeness (QED) is 0.887. The zero-order valence-electron chi connectivity index (χ0n) is 11.9. The molecule has 0 bridgehead atoms. The fraction of sp³-hybridized carbons (Fsp3) is 0.800. The smallest absolute Gasteiger partial charge is 0.0700 e. The van der Waals surface area contributed by atoms with Crippen molar-refractivity contribution in [3.05, 3.63) is 17.5 Å². The molecule has 1 aromatic rings. The van der Waals surface area contributed by atoms with Crippen LogP contribution in [0.15, 0.2) is 6.20 Å². The highest BCUT2D eigenvalue weighted by molar-refractivity contribution is 5.15. The minimum atomic E-state index is 0.421. The van der Waals surface area contributed by atoms with Gasteiger partial charge < -0.3 is 10.1 Å². The Morgan fingerprint density at radius 3 is 2.89 bits per heavy atom. The molecule has 106 valence electrons. The van der Waals surface area contributed by atoms with E-state index in [1.807, 2.05) is 0 Å². The third-order valence-corrected chi connectivity index (χ3v) is 4.43. The van der Waals surface area contributed by atoms with Crippen LogP contribution in [0, 0.1) is 6.92 Å². The van der Waals surface area contributed by atoms with Gasteiger partial charge in [0, 0.05) is 31.5 Å². The van der Waals surface area contributed by atoms with Gasteiger partial charge in [-0.3, -0.25) is 4.68 Å². The molecule has 1 aliphatic carbocycles. The summed E-state index contributed by atoms with van der Waals surface area (Å²) >= 11 is 0. The van der Waals surface area contributed by atoms with Gasteiger partial charge in [0.25, 0.3) is 0 Å². The van der Waals surface area contributed by atoms with E-state index in [4.69, 9.17) is 4.74 Å². The van der Waals surface area contributed by atoms with Crippen molar-refractivity contribution in [2.24, 2.45) is 0 Å².